The summed E-state index contributed by atoms with van der Waals surface area (Å²) in [6.07, 6.45) is 2.32. The third-order valence-electron chi connectivity index (χ3n) is 4.49. The number of aryl methyl sites for hydroxylation is 1. The van der Waals surface area contributed by atoms with E-state index < -0.39 is 23.1 Å². The highest BCUT2D eigenvalue weighted by Crippen LogP contribution is 2.39. The molecule has 0 bridgehead atoms. The number of aromatic nitrogens is 1. The van der Waals surface area contributed by atoms with Crippen molar-refractivity contribution < 1.29 is 13.6 Å². The Morgan fingerprint density at radius 3 is 2.63 bits per heavy atom. The lowest BCUT2D eigenvalue weighted by Crippen LogP contribution is -2.15. The summed E-state index contributed by atoms with van der Waals surface area (Å²) >= 11 is 1.25. The Kier molecular flexibility index (Phi) is 4.42. The zero-order chi connectivity index (χ0) is 19.0. The fourth-order valence-electron chi connectivity index (χ4n) is 3.27. The summed E-state index contributed by atoms with van der Waals surface area (Å²) in [5, 5.41) is 12.1. The number of hydrogen-bond donors (Lipinski definition) is 1. The van der Waals surface area contributed by atoms with Crippen molar-refractivity contribution in [1.29, 1.82) is 5.26 Å². The minimum Gasteiger partial charge on any atom is -0.298 e. The molecular weight excluding hydrogens is 368 g/mol. The van der Waals surface area contributed by atoms with Crippen LogP contribution in [-0.4, -0.2) is 10.9 Å². The quantitative estimate of drug-likeness (QED) is 0.700. The van der Waals surface area contributed by atoms with Crippen LogP contribution in [0.5, 0.6) is 0 Å². The minimum absolute atomic E-state index is 0.280. The maximum absolute atomic E-state index is 13.8. The molecule has 1 N–H and O–H groups in total. The SMILES string of the molecule is N#Cc1cccc2c1CCCc1nc(NC(=O)c3c(F)cccc3F)sc1-2. The molecule has 0 fully saturated rings. The van der Waals surface area contributed by atoms with Crippen molar-refractivity contribution in [2.24, 2.45) is 0 Å². The van der Waals surface area contributed by atoms with E-state index in [2.05, 4.69) is 16.4 Å². The van der Waals surface area contributed by atoms with Gasteiger partial charge in [0.2, 0.25) is 0 Å². The predicted molar refractivity (Wildman–Crippen MR) is 98.6 cm³/mol. The van der Waals surface area contributed by atoms with Gasteiger partial charge in [-0.2, -0.15) is 5.26 Å². The number of carbonyl (C=O) groups is 1. The van der Waals surface area contributed by atoms with Gasteiger partial charge in [0.25, 0.3) is 5.91 Å². The van der Waals surface area contributed by atoms with Gasteiger partial charge in [0.05, 0.1) is 22.2 Å². The smallest absolute Gasteiger partial charge is 0.263 e. The highest BCUT2D eigenvalue weighted by atomic mass is 32.1. The molecule has 0 saturated carbocycles. The van der Waals surface area contributed by atoms with Gasteiger partial charge in [-0.05, 0) is 48.6 Å². The summed E-state index contributed by atoms with van der Waals surface area (Å²) in [5.41, 5.74) is 2.72. The first kappa shape index (κ1) is 17.3. The molecule has 134 valence electrons. The first-order valence-electron chi connectivity index (χ1n) is 8.36. The van der Waals surface area contributed by atoms with Gasteiger partial charge in [0.15, 0.2) is 5.13 Å². The number of carbonyl (C=O) groups excluding carboxylic acids is 1. The average molecular weight is 381 g/mol. The zero-order valence-corrected chi connectivity index (χ0v) is 14.9. The fourth-order valence-corrected chi connectivity index (χ4v) is 4.33. The number of nitriles is 1. The Morgan fingerprint density at radius 1 is 1.15 bits per heavy atom. The highest BCUT2D eigenvalue weighted by Gasteiger charge is 2.23. The van der Waals surface area contributed by atoms with Crippen LogP contribution in [0, 0.1) is 23.0 Å². The number of nitrogens with one attached hydrogen (secondary N) is 1. The van der Waals surface area contributed by atoms with Gasteiger partial charge >= 0.3 is 0 Å². The summed E-state index contributed by atoms with van der Waals surface area (Å²) in [5.74, 6) is -2.72. The Bertz CT molecular complexity index is 1080. The van der Waals surface area contributed by atoms with Gasteiger partial charge in [0, 0.05) is 0 Å². The lowest BCUT2D eigenvalue weighted by Gasteiger charge is -2.07. The van der Waals surface area contributed by atoms with Gasteiger partial charge in [-0.3, -0.25) is 10.1 Å². The molecule has 4 rings (SSSR count). The number of amides is 1. The third-order valence-corrected chi connectivity index (χ3v) is 5.54. The molecule has 3 aromatic rings. The van der Waals surface area contributed by atoms with E-state index in [1.807, 2.05) is 12.1 Å². The monoisotopic (exact) mass is 381 g/mol. The van der Waals surface area contributed by atoms with Crippen LogP contribution < -0.4 is 5.32 Å². The van der Waals surface area contributed by atoms with Crippen molar-refractivity contribution in [3.05, 3.63) is 70.4 Å². The standard InChI is InChI=1S/C20H13F2N3OS/c21-14-7-3-8-15(22)17(14)19(26)25-20-24-16-9-2-5-12-11(10-23)4-1-6-13(12)18(16)27-20/h1,3-4,6-8H,2,5,9H2,(H,24,25,26). The Balaban J connectivity index is 1.71. The molecule has 7 heteroatoms. The summed E-state index contributed by atoms with van der Waals surface area (Å²) in [7, 11) is 0. The normalized spacial score (nSPS) is 12.5. The number of hydrogen-bond acceptors (Lipinski definition) is 4. The fraction of sp³-hybridized carbons (Fsp3) is 0.150. The van der Waals surface area contributed by atoms with Crippen molar-refractivity contribution in [2.75, 3.05) is 5.32 Å². The lowest BCUT2D eigenvalue weighted by molar-refractivity contribution is 0.101. The first-order chi connectivity index (χ1) is 13.1. The number of nitrogens with zero attached hydrogens (tertiary/aromatic N) is 2. The lowest BCUT2D eigenvalue weighted by atomic mass is 9.98. The second-order valence-corrected chi connectivity index (χ2v) is 7.14. The molecule has 1 aliphatic rings. The molecule has 0 unspecified atom stereocenters. The van der Waals surface area contributed by atoms with Crippen LogP contribution >= 0.6 is 11.3 Å². The molecule has 0 atom stereocenters. The predicted octanol–water partition coefficient (Wildman–Crippen LogP) is 4.70. The maximum atomic E-state index is 13.8. The van der Waals surface area contributed by atoms with Crippen LogP contribution in [0.15, 0.2) is 36.4 Å². The molecule has 0 radical (unpaired) electrons. The van der Waals surface area contributed by atoms with Crippen molar-refractivity contribution in [3.8, 4) is 16.5 Å². The topological polar surface area (TPSA) is 65.8 Å². The van der Waals surface area contributed by atoms with Crippen molar-refractivity contribution in [3.63, 3.8) is 0 Å². The Morgan fingerprint density at radius 2 is 1.89 bits per heavy atom. The van der Waals surface area contributed by atoms with E-state index in [1.54, 1.807) is 6.07 Å². The van der Waals surface area contributed by atoms with E-state index in [-0.39, 0.29) is 5.13 Å². The van der Waals surface area contributed by atoms with Crippen LogP contribution in [0.1, 0.15) is 33.6 Å². The number of anilines is 1. The van der Waals surface area contributed by atoms with E-state index in [0.717, 1.165) is 46.7 Å². The average Bonchev–Trinajstić information content (AvgIpc) is 2.95. The molecular formula is C20H13F2N3OS. The molecule has 1 aliphatic carbocycles. The van der Waals surface area contributed by atoms with Crippen LogP contribution in [0.3, 0.4) is 0 Å². The minimum atomic E-state index is -0.922. The molecule has 0 saturated heterocycles. The molecule has 4 nitrogen and oxygen atoms in total. The first-order valence-corrected chi connectivity index (χ1v) is 9.17. The second kappa shape index (κ2) is 6.89. The zero-order valence-electron chi connectivity index (χ0n) is 14.1. The molecule has 0 aliphatic heterocycles. The molecule has 1 aromatic heterocycles. The van der Waals surface area contributed by atoms with E-state index >= 15 is 0 Å². The van der Waals surface area contributed by atoms with E-state index in [0.29, 0.717) is 12.0 Å². The Hall–Kier alpha value is -3.11. The maximum Gasteiger partial charge on any atom is 0.263 e. The highest BCUT2D eigenvalue weighted by molar-refractivity contribution is 7.19. The van der Waals surface area contributed by atoms with Gasteiger partial charge in [-0.15, -0.1) is 0 Å². The molecule has 0 spiro atoms. The van der Waals surface area contributed by atoms with E-state index in [9.17, 15) is 18.8 Å². The van der Waals surface area contributed by atoms with Gasteiger partial charge in [0.1, 0.15) is 17.2 Å². The number of thiazole rings is 1. The van der Waals surface area contributed by atoms with Crippen molar-refractivity contribution in [2.45, 2.75) is 19.3 Å². The molecule has 27 heavy (non-hydrogen) atoms. The van der Waals surface area contributed by atoms with Gasteiger partial charge < -0.3 is 0 Å². The molecule has 1 heterocycles. The largest absolute Gasteiger partial charge is 0.298 e. The number of halogens is 2. The summed E-state index contributed by atoms with van der Waals surface area (Å²) < 4.78 is 27.6. The molecule has 1 amide bonds. The molecule has 2 aromatic carbocycles. The van der Waals surface area contributed by atoms with Crippen molar-refractivity contribution >= 4 is 22.4 Å². The number of rotatable bonds is 2. The van der Waals surface area contributed by atoms with Crippen LogP contribution in [-0.2, 0) is 12.8 Å². The number of fused-ring (bicyclic) bond motifs is 3. The van der Waals surface area contributed by atoms with E-state index in [4.69, 9.17) is 0 Å². The van der Waals surface area contributed by atoms with Crippen molar-refractivity contribution in [1.82, 2.24) is 4.98 Å². The van der Waals surface area contributed by atoms with Crippen LogP contribution in [0.25, 0.3) is 10.4 Å². The van der Waals surface area contributed by atoms with Gasteiger partial charge in [-0.1, -0.05) is 29.5 Å². The van der Waals surface area contributed by atoms with Crippen LogP contribution in [0.4, 0.5) is 13.9 Å². The summed E-state index contributed by atoms with van der Waals surface area (Å²) in [6, 6.07) is 11.0. The Labute approximate surface area is 158 Å². The summed E-state index contributed by atoms with van der Waals surface area (Å²) in [6.45, 7) is 0. The number of benzene rings is 2. The van der Waals surface area contributed by atoms with E-state index in [1.165, 1.54) is 17.4 Å². The van der Waals surface area contributed by atoms with Gasteiger partial charge in [-0.25, -0.2) is 13.8 Å². The third kappa shape index (κ3) is 3.09. The van der Waals surface area contributed by atoms with Crippen LogP contribution in [0.2, 0.25) is 0 Å². The summed E-state index contributed by atoms with van der Waals surface area (Å²) in [4.78, 5) is 17.6. The second-order valence-electron chi connectivity index (χ2n) is 6.14.